The van der Waals surface area contributed by atoms with Gasteiger partial charge in [0.15, 0.2) is 6.61 Å². The van der Waals surface area contributed by atoms with E-state index in [-0.39, 0.29) is 11.8 Å². The molecule has 0 radical (unpaired) electrons. The summed E-state index contributed by atoms with van der Waals surface area (Å²) in [6, 6.07) is 18.9. The van der Waals surface area contributed by atoms with E-state index in [0.29, 0.717) is 24.4 Å². The van der Waals surface area contributed by atoms with Gasteiger partial charge in [-0.1, -0.05) is 60.2 Å². The smallest absolute Gasteiger partial charge is 0.326 e. The van der Waals surface area contributed by atoms with Crippen LogP contribution in [0.2, 0.25) is 0 Å². The Hall–Kier alpha value is -4.53. The first kappa shape index (κ1) is 24.2. The molecule has 2 atom stereocenters. The Balaban J connectivity index is 1.24. The molecule has 3 aromatic rings. The fourth-order valence-electron chi connectivity index (χ4n) is 4.63. The number of likely N-dealkylation sites (tertiary alicyclic amines) is 1. The summed E-state index contributed by atoms with van der Waals surface area (Å²) in [5, 5.41) is 7.40. The van der Waals surface area contributed by atoms with E-state index in [1.165, 1.54) is 0 Å². The first-order valence-corrected chi connectivity index (χ1v) is 12.1. The van der Waals surface area contributed by atoms with Gasteiger partial charge in [-0.25, -0.2) is 4.68 Å². The zero-order valence-electron chi connectivity index (χ0n) is 20.3. The summed E-state index contributed by atoms with van der Waals surface area (Å²) in [5.41, 5.74) is 3.42. The highest BCUT2D eigenvalue weighted by atomic mass is 16.5. The Morgan fingerprint density at radius 3 is 2.27 bits per heavy atom. The van der Waals surface area contributed by atoms with E-state index >= 15 is 0 Å². The minimum absolute atomic E-state index is 0.365. The normalized spacial score (nSPS) is 18.6. The average molecular weight is 499 g/mol. The van der Waals surface area contributed by atoms with Crippen molar-refractivity contribution in [3.05, 3.63) is 78.4 Å². The molecule has 1 aromatic heterocycles. The van der Waals surface area contributed by atoms with Crippen LogP contribution >= 0.6 is 0 Å². The minimum atomic E-state index is -0.819. The third kappa shape index (κ3) is 5.06. The van der Waals surface area contributed by atoms with Crippen molar-refractivity contribution in [1.82, 2.24) is 14.7 Å². The monoisotopic (exact) mass is 498 g/mol. The van der Waals surface area contributed by atoms with Crippen LogP contribution in [0.5, 0.6) is 0 Å². The van der Waals surface area contributed by atoms with Crippen molar-refractivity contribution in [2.75, 3.05) is 18.5 Å². The lowest BCUT2D eigenvalue weighted by molar-refractivity contribution is -0.154. The molecule has 0 spiro atoms. The van der Waals surface area contributed by atoms with Crippen molar-refractivity contribution in [2.45, 2.75) is 19.8 Å². The van der Waals surface area contributed by atoms with E-state index in [9.17, 15) is 19.2 Å². The highest BCUT2D eigenvalue weighted by molar-refractivity contribution is 6.07. The number of anilines is 1. The number of rotatable bonds is 7. The van der Waals surface area contributed by atoms with Crippen molar-refractivity contribution >= 4 is 29.5 Å². The largest absolute Gasteiger partial charge is 0.454 e. The Kier molecular flexibility index (Phi) is 6.68. The Morgan fingerprint density at radius 2 is 1.62 bits per heavy atom. The number of nitrogens with zero attached hydrogens (tertiary/aromatic N) is 3. The number of nitrogens with one attached hydrogen (secondary N) is 1. The maximum absolute atomic E-state index is 12.7. The molecule has 5 rings (SSSR count). The van der Waals surface area contributed by atoms with Gasteiger partial charge >= 0.3 is 5.97 Å². The molecule has 1 aliphatic carbocycles. The number of aromatic nitrogens is 2. The SMILES string of the molecule is Cc1ccc(-c2cc(NC(=O)COC(=O)CN3C(=O)C4CC=CCC4C3=O)n(-c3ccccc3)n2)cc1. The second-order valence-corrected chi connectivity index (χ2v) is 9.16. The molecule has 1 saturated heterocycles. The number of imide groups is 1. The van der Waals surface area contributed by atoms with Gasteiger partial charge in [0.05, 0.1) is 23.2 Å². The first-order valence-electron chi connectivity index (χ1n) is 12.1. The molecule has 1 N–H and O–H groups in total. The molecule has 2 heterocycles. The molecule has 9 nitrogen and oxygen atoms in total. The number of carbonyl (C=O) groups excluding carboxylic acids is 4. The fourth-order valence-corrected chi connectivity index (χ4v) is 4.63. The van der Waals surface area contributed by atoms with Gasteiger partial charge in [-0.2, -0.15) is 5.10 Å². The van der Waals surface area contributed by atoms with Gasteiger partial charge in [-0.3, -0.25) is 24.1 Å². The van der Waals surface area contributed by atoms with E-state index < -0.39 is 36.9 Å². The van der Waals surface area contributed by atoms with Crippen LogP contribution in [0.1, 0.15) is 18.4 Å². The van der Waals surface area contributed by atoms with Crippen molar-refractivity contribution in [3.8, 4) is 16.9 Å². The van der Waals surface area contributed by atoms with Gasteiger partial charge in [0.25, 0.3) is 5.91 Å². The van der Waals surface area contributed by atoms with E-state index in [2.05, 4.69) is 10.4 Å². The standard InChI is InChI=1S/C28H26N4O5/c1-18-11-13-19(14-12-18)23-15-24(32(30-23)20-7-3-2-4-8-20)29-25(33)17-37-26(34)16-31-27(35)21-9-5-6-10-22(21)28(31)36/h2-8,11-15,21-22H,9-10,16-17H2,1H3,(H,29,33). The molecule has 1 aliphatic heterocycles. The summed E-state index contributed by atoms with van der Waals surface area (Å²) >= 11 is 0. The highest BCUT2D eigenvalue weighted by Gasteiger charge is 2.47. The van der Waals surface area contributed by atoms with E-state index in [1.54, 1.807) is 10.7 Å². The number of allylic oxidation sites excluding steroid dienone is 2. The molecule has 0 bridgehead atoms. The first-order chi connectivity index (χ1) is 17.9. The lowest BCUT2D eigenvalue weighted by Crippen LogP contribution is -2.37. The summed E-state index contributed by atoms with van der Waals surface area (Å²) in [5.74, 6) is -2.56. The van der Waals surface area contributed by atoms with Crippen LogP contribution in [0.3, 0.4) is 0 Å². The molecule has 1 fully saturated rings. The number of benzene rings is 2. The van der Waals surface area contributed by atoms with Crippen LogP contribution < -0.4 is 5.32 Å². The molecule has 188 valence electrons. The zero-order valence-corrected chi connectivity index (χ0v) is 20.3. The average Bonchev–Trinajstić information content (AvgIpc) is 3.43. The number of fused-ring (bicyclic) bond motifs is 1. The molecular formula is C28H26N4O5. The van der Waals surface area contributed by atoms with Gasteiger partial charge in [0.2, 0.25) is 11.8 Å². The van der Waals surface area contributed by atoms with Crippen molar-refractivity contribution in [1.29, 1.82) is 0 Å². The quantitative estimate of drug-likeness (QED) is 0.304. The van der Waals surface area contributed by atoms with Gasteiger partial charge in [0.1, 0.15) is 12.4 Å². The van der Waals surface area contributed by atoms with Gasteiger partial charge in [-0.15, -0.1) is 0 Å². The summed E-state index contributed by atoms with van der Waals surface area (Å²) in [6.07, 6.45) is 4.73. The molecule has 0 saturated carbocycles. The number of para-hydroxylation sites is 1. The fraction of sp³-hybridized carbons (Fsp3) is 0.250. The number of hydrogen-bond acceptors (Lipinski definition) is 6. The van der Waals surface area contributed by atoms with Crippen LogP contribution in [0, 0.1) is 18.8 Å². The van der Waals surface area contributed by atoms with Crippen molar-refractivity contribution in [2.24, 2.45) is 11.8 Å². The van der Waals surface area contributed by atoms with Crippen LogP contribution in [-0.2, 0) is 23.9 Å². The molecule has 2 aliphatic rings. The lowest BCUT2D eigenvalue weighted by Gasteiger charge is -2.14. The molecule has 2 unspecified atom stereocenters. The maximum Gasteiger partial charge on any atom is 0.326 e. The summed E-state index contributed by atoms with van der Waals surface area (Å²) in [4.78, 5) is 51.1. The van der Waals surface area contributed by atoms with Gasteiger partial charge < -0.3 is 10.1 Å². The van der Waals surface area contributed by atoms with E-state index in [4.69, 9.17) is 4.74 Å². The highest BCUT2D eigenvalue weighted by Crippen LogP contribution is 2.34. The minimum Gasteiger partial charge on any atom is -0.454 e. The van der Waals surface area contributed by atoms with Crippen molar-refractivity contribution in [3.63, 3.8) is 0 Å². The van der Waals surface area contributed by atoms with Crippen LogP contribution in [0.25, 0.3) is 16.9 Å². The molecule has 9 heteroatoms. The zero-order chi connectivity index (χ0) is 25.9. The maximum atomic E-state index is 12.7. The molecular weight excluding hydrogens is 472 g/mol. The number of carbonyl (C=O) groups is 4. The van der Waals surface area contributed by atoms with Crippen LogP contribution in [0.4, 0.5) is 5.82 Å². The number of esters is 1. The Morgan fingerprint density at radius 1 is 0.973 bits per heavy atom. The number of hydrogen-bond donors (Lipinski definition) is 1. The predicted molar refractivity (Wildman–Crippen MR) is 135 cm³/mol. The molecule has 2 aromatic carbocycles. The topological polar surface area (TPSA) is 111 Å². The summed E-state index contributed by atoms with van der Waals surface area (Å²) in [7, 11) is 0. The second kappa shape index (κ2) is 10.2. The van der Waals surface area contributed by atoms with Gasteiger partial charge in [-0.05, 0) is 31.9 Å². The number of amides is 3. The van der Waals surface area contributed by atoms with E-state index in [0.717, 1.165) is 21.7 Å². The third-order valence-electron chi connectivity index (χ3n) is 6.58. The Labute approximate surface area is 213 Å². The summed E-state index contributed by atoms with van der Waals surface area (Å²) in [6.45, 7) is 0.930. The Bertz CT molecular complexity index is 1350. The van der Waals surface area contributed by atoms with Gasteiger partial charge in [0, 0.05) is 11.6 Å². The number of ether oxygens (including phenoxy) is 1. The van der Waals surface area contributed by atoms with Crippen molar-refractivity contribution < 1.29 is 23.9 Å². The molecule has 37 heavy (non-hydrogen) atoms. The second-order valence-electron chi connectivity index (χ2n) is 9.16. The molecule has 3 amide bonds. The van der Waals surface area contributed by atoms with E-state index in [1.807, 2.05) is 73.7 Å². The number of aryl methyl sites for hydroxylation is 1. The van der Waals surface area contributed by atoms with Crippen LogP contribution in [-0.4, -0.2) is 51.5 Å². The lowest BCUT2D eigenvalue weighted by atomic mass is 9.85. The third-order valence-corrected chi connectivity index (χ3v) is 6.58. The van der Waals surface area contributed by atoms with Crippen LogP contribution in [0.15, 0.2) is 72.8 Å². The predicted octanol–water partition coefficient (Wildman–Crippen LogP) is 3.28. The summed E-state index contributed by atoms with van der Waals surface area (Å²) < 4.78 is 6.70.